The number of rotatable bonds is 2. The Hall–Kier alpha value is -2.01. The minimum Gasteiger partial charge on any atom is -0.312 e. The molecule has 6 heteroatoms. The predicted octanol–water partition coefficient (Wildman–Crippen LogP) is 1.36. The SMILES string of the molecule is Cc1cccc(-c2c(Cl)[nH]c(=O)n(N(C)C)c2=O)c1. The molecule has 0 unspecified atom stereocenters. The van der Waals surface area contributed by atoms with E-state index in [0.29, 0.717) is 11.1 Å². The van der Waals surface area contributed by atoms with E-state index in [9.17, 15) is 9.59 Å². The first-order valence-electron chi connectivity index (χ1n) is 5.71. The minimum atomic E-state index is -0.559. The van der Waals surface area contributed by atoms with Crippen LogP contribution in [0.5, 0.6) is 0 Å². The van der Waals surface area contributed by atoms with Crippen molar-refractivity contribution in [1.29, 1.82) is 0 Å². The zero-order valence-corrected chi connectivity index (χ0v) is 11.7. The third-order valence-corrected chi connectivity index (χ3v) is 3.02. The molecule has 100 valence electrons. The van der Waals surface area contributed by atoms with Crippen LogP contribution in [0.3, 0.4) is 0 Å². The molecule has 0 aliphatic heterocycles. The van der Waals surface area contributed by atoms with Crippen LogP contribution in [0.2, 0.25) is 5.15 Å². The van der Waals surface area contributed by atoms with E-state index in [0.717, 1.165) is 10.2 Å². The Morgan fingerprint density at radius 1 is 1.26 bits per heavy atom. The molecular weight excluding hydrogens is 266 g/mol. The highest BCUT2D eigenvalue weighted by molar-refractivity contribution is 6.32. The van der Waals surface area contributed by atoms with Crippen LogP contribution in [0.25, 0.3) is 11.1 Å². The van der Waals surface area contributed by atoms with E-state index in [1.54, 1.807) is 20.2 Å². The standard InChI is InChI=1S/C13H14ClN3O2/c1-8-5-4-6-9(7-8)10-11(14)15-13(19)17(12(10)18)16(2)3/h4-7H,1-3H3,(H,15,19). The summed E-state index contributed by atoms with van der Waals surface area (Å²) >= 11 is 6.01. The summed E-state index contributed by atoms with van der Waals surface area (Å²) in [4.78, 5) is 26.6. The Morgan fingerprint density at radius 2 is 1.95 bits per heavy atom. The molecule has 2 rings (SSSR count). The molecule has 0 bridgehead atoms. The quantitative estimate of drug-likeness (QED) is 0.845. The number of hydrogen-bond donors (Lipinski definition) is 1. The second kappa shape index (κ2) is 4.93. The highest BCUT2D eigenvalue weighted by Gasteiger charge is 2.15. The van der Waals surface area contributed by atoms with Crippen molar-refractivity contribution >= 4 is 11.6 Å². The fourth-order valence-electron chi connectivity index (χ4n) is 1.92. The first-order valence-corrected chi connectivity index (χ1v) is 6.09. The predicted molar refractivity (Wildman–Crippen MR) is 76.6 cm³/mol. The molecule has 1 N–H and O–H groups in total. The van der Waals surface area contributed by atoms with Crippen LogP contribution in [0.15, 0.2) is 33.9 Å². The smallest absolute Gasteiger partial charge is 0.312 e. The van der Waals surface area contributed by atoms with Gasteiger partial charge in [0.25, 0.3) is 5.56 Å². The molecule has 0 atom stereocenters. The second-order valence-electron chi connectivity index (χ2n) is 4.45. The van der Waals surface area contributed by atoms with Crippen molar-refractivity contribution in [3.63, 3.8) is 0 Å². The molecule has 5 nitrogen and oxygen atoms in total. The average Bonchev–Trinajstić information content (AvgIpc) is 2.27. The molecule has 0 amide bonds. The molecule has 0 aliphatic carbocycles. The Bertz CT molecular complexity index is 731. The molecule has 0 spiro atoms. The van der Waals surface area contributed by atoms with Crippen LogP contribution < -0.4 is 16.3 Å². The van der Waals surface area contributed by atoms with Crippen molar-refractivity contribution < 1.29 is 0 Å². The van der Waals surface area contributed by atoms with Gasteiger partial charge in [-0.1, -0.05) is 41.4 Å². The lowest BCUT2D eigenvalue weighted by atomic mass is 10.1. The lowest BCUT2D eigenvalue weighted by Crippen LogP contribution is -2.47. The zero-order chi connectivity index (χ0) is 14.2. The van der Waals surface area contributed by atoms with E-state index >= 15 is 0 Å². The fraction of sp³-hybridized carbons (Fsp3) is 0.231. The van der Waals surface area contributed by atoms with Gasteiger partial charge in [-0.3, -0.25) is 9.78 Å². The molecule has 1 aromatic heterocycles. The van der Waals surface area contributed by atoms with Gasteiger partial charge in [-0.05, 0) is 12.5 Å². The van der Waals surface area contributed by atoms with E-state index in [1.165, 1.54) is 5.01 Å². The van der Waals surface area contributed by atoms with Gasteiger partial charge in [0.1, 0.15) is 5.15 Å². The molecule has 19 heavy (non-hydrogen) atoms. The summed E-state index contributed by atoms with van der Waals surface area (Å²) < 4.78 is 1.00. The number of halogens is 1. The van der Waals surface area contributed by atoms with E-state index in [2.05, 4.69) is 4.98 Å². The van der Waals surface area contributed by atoms with Gasteiger partial charge < -0.3 is 5.01 Å². The molecular formula is C13H14ClN3O2. The van der Waals surface area contributed by atoms with Gasteiger partial charge in [0.05, 0.1) is 5.56 Å². The van der Waals surface area contributed by atoms with Crippen molar-refractivity contribution in [2.45, 2.75) is 6.92 Å². The maximum atomic E-state index is 12.4. The Morgan fingerprint density at radius 3 is 2.53 bits per heavy atom. The largest absolute Gasteiger partial charge is 0.348 e. The van der Waals surface area contributed by atoms with Gasteiger partial charge in [-0.2, -0.15) is 4.68 Å². The molecule has 0 fully saturated rings. The third-order valence-electron chi connectivity index (χ3n) is 2.74. The molecule has 0 radical (unpaired) electrons. The maximum absolute atomic E-state index is 12.4. The van der Waals surface area contributed by atoms with Crippen molar-refractivity contribution in [1.82, 2.24) is 9.66 Å². The highest BCUT2D eigenvalue weighted by atomic mass is 35.5. The van der Waals surface area contributed by atoms with Gasteiger partial charge in [-0.15, -0.1) is 0 Å². The highest BCUT2D eigenvalue weighted by Crippen LogP contribution is 2.22. The van der Waals surface area contributed by atoms with Crippen molar-refractivity contribution in [3.05, 3.63) is 55.8 Å². The number of nitrogens with one attached hydrogen (secondary N) is 1. The number of aromatic nitrogens is 2. The van der Waals surface area contributed by atoms with Crippen molar-refractivity contribution in [2.75, 3.05) is 19.1 Å². The third kappa shape index (κ3) is 2.42. The first-order chi connectivity index (χ1) is 8.91. The van der Waals surface area contributed by atoms with E-state index in [-0.39, 0.29) is 5.15 Å². The van der Waals surface area contributed by atoms with E-state index in [4.69, 9.17) is 11.6 Å². The Balaban J connectivity index is 2.82. The van der Waals surface area contributed by atoms with Gasteiger partial charge in [-0.25, -0.2) is 4.79 Å². The summed E-state index contributed by atoms with van der Waals surface area (Å²) in [5.74, 6) is 0. The summed E-state index contributed by atoms with van der Waals surface area (Å²) in [5.41, 5.74) is 0.983. The number of aromatic amines is 1. The average molecular weight is 280 g/mol. The summed E-state index contributed by atoms with van der Waals surface area (Å²) in [6, 6.07) is 7.40. The lowest BCUT2D eigenvalue weighted by Gasteiger charge is -2.16. The summed E-state index contributed by atoms with van der Waals surface area (Å²) in [5, 5.41) is 1.47. The van der Waals surface area contributed by atoms with E-state index in [1.807, 2.05) is 25.1 Å². The topological polar surface area (TPSA) is 58.1 Å². The first kappa shape index (κ1) is 13.4. The second-order valence-corrected chi connectivity index (χ2v) is 4.83. The van der Waals surface area contributed by atoms with Crippen LogP contribution in [0.1, 0.15) is 5.56 Å². The van der Waals surface area contributed by atoms with Crippen molar-refractivity contribution in [2.24, 2.45) is 0 Å². The van der Waals surface area contributed by atoms with Gasteiger partial charge in [0.15, 0.2) is 0 Å². The van der Waals surface area contributed by atoms with Gasteiger partial charge >= 0.3 is 5.69 Å². The lowest BCUT2D eigenvalue weighted by molar-refractivity contribution is 0.654. The molecule has 0 aliphatic rings. The van der Waals surface area contributed by atoms with Gasteiger partial charge in [0, 0.05) is 14.1 Å². The van der Waals surface area contributed by atoms with Crippen LogP contribution in [-0.4, -0.2) is 23.8 Å². The van der Waals surface area contributed by atoms with E-state index < -0.39 is 11.2 Å². The molecule has 2 aromatic rings. The van der Waals surface area contributed by atoms with Crippen LogP contribution in [0.4, 0.5) is 0 Å². The number of aryl methyl sites for hydroxylation is 1. The number of nitrogens with zero attached hydrogens (tertiary/aromatic N) is 2. The van der Waals surface area contributed by atoms with Crippen LogP contribution in [-0.2, 0) is 0 Å². The monoisotopic (exact) mass is 279 g/mol. The van der Waals surface area contributed by atoms with Crippen molar-refractivity contribution in [3.8, 4) is 11.1 Å². The maximum Gasteiger partial charge on any atom is 0.348 e. The summed E-state index contributed by atoms with van der Waals surface area (Å²) in [6.45, 7) is 1.92. The number of benzene rings is 1. The summed E-state index contributed by atoms with van der Waals surface area (Å²) in [7, 11) is 3.23. The molecule has 0 saturated heterocycles. The zero-order valence-electron chi connectivity index (χ0n) is 10.9. The van der Waals surface area contributed by atoms with Crippen LogP contribution in [0, 0.1) is 6.92 Å². The molecule has 0 saturated carbocycles. The normalized spacial score (nSPS) is 10.5. The number of H-pyrrole nitrogens is 1. The molecule has 1 aromatic carbocycles. The number of hydrogen-bond acceptors (Lipinski definition) is 3. The fourth-order valence-corrected chi connectivity index (χ4v) is 2.19. The van der Waals surface area contributed by atoms with Crippen LogP contribution >= 0.6 is 11.6 Å². The van der Waals surface area contributed by atoms with Gasteiger partial charge in [0.2, 0.25) is 0 Å². The Kier molecular flexibility index (Phi) is 3.48. The Labute approximate surface area is 115 Å². The molecule has 1 heterocycles. The summed E-state index contributed by atoms with van der Waals surface area (Å²) in [6.07, 6.45) is 0. The minimum absolute atomic E-state index is 0.0544.